The van der Waals surface area contributed by atoms with E-state index in [4.69, 9.17) is 9.47 Å². The van der Waals surface area contributed by atoms with Crippen LogP contribution in [-0.4, -0.2) is 36.7 Å². The van der Waals surface area contributed by atoms with E-state index >= 15 is 0 Å². The first-order valence-corrected chi connectivity index (χ1v) is 9.36. The zero-order valence-electron chi connectivity index (χ0n) is 16.2. The Bertz CT molecular complexity index is 764. The van der Waals surface area contributed by atoms with Crippen molar-refractivity contribution in [1.82, 2.24) is 0 Å². The Balaban J connectivity index is 2.23. The molecule has 0 bridgehead atoms. The third kappa shape index (κ3) is 4.56. The zero-order chi connectivity index (χ0) is 19.8. The van der Waals surface area contributed by atoms with Gasteiger partial charge in [-0.15, -0.1) is 0 Å². The highest BCUT2D eigenvalue weighted by atomic mass is 16.5. The number of methoxy groups -OCH3 is 2. The molecule has 1 aliphatic carbocycles. The highest BCUT2D eigenvalue weighted by Gasteiger charge is 2.33. The number of hydrogen-bond donors (Lipinski definition) is 1. The van der Waals surface area contributed by atoms with Crippen molar-refractivity contribution in [2.75, 3.05) is 14.2 Å². The Kier molecular flexibility index (Phi) is 7.58. The number of unbranched alkanes of at least 4 members (excludes halogenated alkanes) is 5. The SMILES string of the molecule is CCCCCCCCC(=NO)C1=CC(=O)c2c(OC)ccc(OC)c2C1=O. The number of ether oxygens (including phenoxy) is 2. The average Bonchev–Trinajstić information content (AvgIpc) is 2.69. The summed E-state index contributed by atoms with van der Waals surface area (Å²) in [5.41, 5.74) is 0.695. The normalized spacial score (nSPS) is 14.0. The summed E-state index contributed by atoms with van der Waals surface area (Å²) in [5, 5.41) is 12.7. The first-order valence-electron chi connectivity index (χ1n) is 9.36. The standard InChI is InChI=1S/C21H27NO5/c1-4-5-6-7-8-9-10-15(22-25)14-13-16(23)19-17(26-2)11-12-18(27-3)20(19)21(14)24/h11-13,25H,4-10H2,1-3H3. The molecule has 0 heterocycles. The van der Waals surface area contributed by atoms with Gasteiger partial charge in [0, 0.05) is 0 Å². The monoisotopic (exact) mass is 373 g/mol. The lowest BCUT2D eigenvalue weighted by Crippen LogP contribution is -2.23. The third-order valence-electron chi connectivity index (χ3n) is 4.76. The molecule has 0 amide bonds. The van der Waals surface area contributed by atoms with E-state index in [0.717, 1.165) is 19.3 Å². The van der Waals surface area contributed by atoms with Crippen LogP contribution in [0.25, 0.3) is 0 Å². The van der Waals surface area contributed by atoms with Crippen LogP contribution in [0, 0.1) is 0 Å². The quantitative estimate of drug-likeness (QED) is 0.281. The number of rotatable bonds is 10. The van der Waals surface area contributed by atoms with Crippen LogP contribution in [0.3, 0.4) is 0 Å². The van der Waals surface area contributed by atoms with Crippen LogP contribution in [-0.2, 0) is 0 Å². The molecule has 0 aliphatic heterocycles. The molecule has 0 atom stereocenters. The van der Waals surface area contributed by atoms with Crippen molar-refractivity contribution in [3.8, 4) is 11.5 Å². The van der Waals surface area contributed by atoms with Gasteiger partial charge in [0.2, 0.25) is 0 Å². The van der Waals surface area contributed by atoms with Crippen molar-refractivity contribution in [3.05, 3.63) is 34.9 Å². The summed E-state index contributed by atoms with van der Waals surface area (Å²) in [6.07, 6.45) is 8.12. The van der Waals surface area contributed by atoms with Gasteiger partial charge in [-0.2, -0.15) is 0 Å². The maximum atomic E-state index is 13.0. The maximum Gasteiger partial charge on any atom is 0.199 e. The summed E-state index contributed by atoms with van der Waals surface area (Å²) in [6, 6.07) is 3.19. The minimum Gasteiger partial charge on any atom is -0.496 e. The lowest BCUT2D eigenvalue weighted by atomic mass is 9.85. The Morgan fingerprint density at radius 1 is 0.963 bits per heavy atom. The molecule has 1 N–H and O–H groups in total. The molecule has 6 nitrogen and oxygen atoms in total. The Morgan fingerprint density at radius 3 is 2.15 bits per heavy atom. The van der Waals surface area contributed by atoms with Crippen LogP contribution in [0.1, 0.15) is 72.6 Å². The highest BCUT2D eigenvalue weighted by Crippen LogP contribution is 2.36. The van der Waals surface area contributed by atoms with Crippen LogP contribution in [0.15, 0.2) is 28.9 Å². The number of nitrogens with zero attached hydrogens (tertiary/aromatic N) is 1. The molecule has 146 valence electrons. The zero-order valence-corrected chi connectivity index (χ0v) is 16.2. The summed E-state index contributed by atoms with van der Waals surface area (Å²) in [7, 11) is 2.88. The van der Waals surface area contributed by atoms with Gasteiger partial charge in [-0.3, -0.25) is 9.59 Å². The minimum absolute atomic E-state index is 0.120. The fourth-order valence-corrected chi connectivity index (χ4v) is 3.30. The average molecular weight is 373 g/mol. The molecule has 1 aromatic rings. The summed E-state index contributed by atoms with van der Waals surface area (Å²) in [5.74, 6) is -0.136. The van der Waals surface area contributed by atoms with Gasteiger partial charge in [-0.05, 0) is 31.1 Å². The molecule has 0 saturated heterocycles. The number of hydrogen-bond acceptors (Lipinski definition) is 6. The van der Waals surface area contributed by atoms with Crippen molar-refractivity contribution >= 4 is 17.3 Å². The Labute approximate surface area is 159 Å². The molecule has 2 rings (SSSR count). The molecule has 0 fully saturated rings. The molecule has 0 radical (unpaired) electrons. The molecule has 0 unspecified atom stereocenters. The number of allylic oxidation sites excluding steroid dienone is 2. The van der Waals surface area contributed by atoms with Crippen molar-refractivity contribution in [3.63, 3.8) is 0 Å². The summed E-state index contributed by atoms with van der Waals surface area (Å²) < 4.78 is 10.5. The van der Waals surface area contributed by atoms with E-state index in [0.29, 0.717) is 17.9 Å². The lowest BCUT2D eigenvalue weighted by Gasteiger charge is -2.20. The van der Waals surface area contributed by atoms with Gasteiger partial charge in [0.15, 0.2) is 11.6 Å². The van der Waals surface area contributed by atoms with Crippen molar-refractivity contribution in [2.45, 2.75) is 51.9 Å². The fraction of sp³-hybridized carbons (Fsp3) is 0.476. The van der Waals surface area contributed by atoms with Crippen molar-refractivity contribution in [1.29, 1.82) is 0 Å². The van der Waals surface area contributed by atoms with Crippen LogP contribution in [0.5, 0.6) is 11.5 Å². The third-order valence-corrected chi connectivity index (χ3v) is 4.76. The molecular weight excluding hydrogens is 346 g/mol. The van der Waals surface area contributed by atoms with E-state index in [1.165, 1.54) is 39.6 Å². The molecular formula is C21H27NO5. The number of ketones is 2. The van der Waals surface area contributed by atoms with Crippen LogP contribution < -0.4 is 9.47 Å². The maximum absolute atomic E-state index is 13.0. The predicted octanol–water partition coefficient (Wildman–Crippen LogP) is 4.59. The summed E-state index contributed by atoms with van der Waals surface area (Å²) in [6.45, 7) is 2.16. The molecule has 0 saturated carbocycles. The fourth-order valence-electron chi connectivity index (χ4n) is 3.30. The lowest BCUT2D eigenvalue weighted by molar-refractivity contribution is 0.0983. The minimum atomic E-state index is -0.390. The number of Topliss-reactive ketones (excluding diaryl/α,β-unsaturated/α-hetero) is 1. The van der Waals surface area contributed by atoms with E-state index in [-0.39, 0.29) is 34.0 Å². The Morgan fingerprint density at radius 2 is 1.56 bits per heavy atom. The molecule has 1 aromatic carbocycles. The number of carbonyl (C=O) groups excluding carboxylic acids is 2. The number of carbonyl (C=O) groups is 2. The second kappa shape index (κ2) is 9.90. The van der Waals surface area contributed by atoms with Gasteiger partial charge in [-0.25, -0.2) is 0 Å². The molecule has 0 spiro atoms. The molecule has 1 aliphatic rings. The molecule has 27 heavy (non-hydrogen) atoms. The van der Waals surface area contributed by atoms with Crippen molar-refractivity contribution in [2.24, 2.45) is 5.16 Å². The van der Waals surface area contributed by atoms with E-state index in [1.54, 1.807) is 12.1 Å². The van der Waals surface area contributed by atoms with Crippen LogP contribution in [0.4, 0.5) is 0 Å². The van der Waals surface area contributed by atoms with Gasteiger partial charge < -0.3 is 14.7 Å². The van der Waals surface area contributed by atoms with Crippen molar-refractivity contribution < 1.29 is 24.3 Å². The second-order valence-corrected chi connectivity index (χ2v) is 6.54. The second-order valence-electron chi connectivity index (χ2n) is 6.54. The van der Waals surface area contributed by atoms with Gasteiger partial charge >= 0.3 is 0 Å². The summed E-state index contributed by atoms with van der Waals surface area (Å²) >= 11 is 0. The van der Waals surface area contributed by atoms with Crippen LogP contribution in [0.2, 0.25) is 0 Å². The highest BCUT2D eigenvalue weighted by molar-refractivity contribution is 6.37. The molecule has 6 heteroatoms. The largest absolute Gasteiger partial charge is 0.496 e. The van der Waals surface area contributed by atoms with E-state index in [9.17, 15) is 14.8 Å². The van der Waals surface area contributed by atoms with E-state index < -0.39 is 0 Å². The number of oxime groups is 1. The predicted molar refractivity (Wildman–Crippen MR) is 104 cm³/mol. The topological polar surface area (TPSA) is 85.2 Å². The van der Waals surface area contributed by atoms with E-state index in [1.807, 2.05) is 0 Å². The van der Waals surface area contributed by atoms with Gasteiger partial charge in [0.1, 0.15) is 11.5 Å². The van der Waals surface area contributed by atoms with E-state index in [2.05, 4.69) is 12.1 Å². The first-order chi connectivity index (χ1) is 13.1. The van der Waals surface area contributed by atoms with Crippen LogP contribution >= 0.6 is 0 Å². The number of benzene rings is 1. The van der Waals surface area contributed by atoms with Gasteiger partial charge in [-0.1, -0.05) is 44.2 Å². The Hall–Kier alpha value is -2.63. The number of fused-ring (bicyclic) bond motifs is 1. The van der Waals surface area contributed by atoms with Gasteiger partial charge in [0.25, 0.3) is 0 Å². The first kappa shape index (κ1) is 20.7. The smallest absolute Gasteiger partial charge is 0.199 e. The molecule has 0 aromatic heterocycles. The summed E-state index contributed by atoms with van der Waals surface area (Å²) in [4.78, 5) is 25.7. The van der Waals surface area contributed by atoms with Gasteiger partial charge in [0.05, 0.1) is 36.6 Å².